The highest BCUT2D eigenvalue weighted by atomic mass is 31.2. The minimum Gasteiger partial charge on any atom is -0.399 e. The highest BCUT2D eigenvalue weighted by molar-refractivity contribution is 7.95. The molecule has 0 saturated carbocycles. The van der Waals surface area contributed by atoms with E-state index < -0.39 is 7.26 Å². The second kappa shape index (κ2) is 13.9. The largest absolute Gasteiger partial charge is 0.399 e. The summed E-state index contributed by atoms with van der Waals surface area (Å²) in [4.78, 5) is 2.57. The quantitative estimate of drug-likeness (QED) is 0.0852. The fourth-order valence-electron chi connectivity index (χ4n) is 7.48. The van der Waals surface area contributed by atoms with Crippen LogP contribution in [0.4, 0.5) is 17.1 Å². The molecule has 0 aliphatic carbocycles. The molecule has 0 aromatic heterocycles. The van der Waals surface area contributed by atoms with Crippen LogP contribution in [0.25, 0.3) is 11.1 Å². The van der Waals surface area contributed by atoms with Gasteiger partial charge in [0.1, 0.15) is 23.2 Å². The van der Waals surface area contributed by atoms with Crippen LogP contribution in [0.3, 0.4) is 0 Å². The Labute approximate surface area is 280 Å². The number of anilines is 3. The summed E-state index contributed by atoms with van der Waals surface area (Å²) in [5.74, 6) is 0. The van der Waals surface area contributed by atoms with Crippen molar-refractivity contribution in [2.45, 2.75) is 31.7 Å². The number of hydrogen-bond acceptors (Lipinski definition) is 3. The Morgan fingerprint density at radius 3 is 1.55 bits per heavy atom. The average Bonchev–Trinajstić information content (AvgIpc) is 3.12. The lowest BCUT2D eigenvalue weighted by Gasteiger charge is -2.41. The minimum absolute atomic E-state index is 0.0804. The molecule has 0 radical (unpaired) electrons. The van der Waals surface area contributed by atoms with Gasteiger partial charge in [-0.15, -0.1) is 0 Å². The monoisotopic (exact) mass is 632 g/mol. The molecule has 6 aromatic carbocycles. The summed E-state index contributed by atoms with van der Waals surface area (Å²) < 4.78 is 0. The second-order valence-corrected chi connectivity index (χ2v) is 16.2. The first-order valence-corrected chi connectivity index (χ1v) is 18.8. The Morgan fingerprint density at radius 1 is 0.489 bits per heavy atom. The van der Waals surface area contributed by atoms with Gasteiger partial charge in [0.25, 0.3) is 0 Å². The fraction of sp³-hybridized carbons (Fsp3) is 0.163. The maximum absolute atomic E-state index is 6.41. The highest BCUT2D eigenvalue weighted by Crippen LogP contribution is 2.56. The molecule has 3 nitrogen and oxygen atoms in total. The first-order chi connectivity index (χ1) is 23.1. The van der Waals surface area contributed by atoms with Gasteiger partial charge in [-0.05, 0) is 96.6 Å². The fourth-order valence-corrected chi connectivity index (χ4v) is 11.9. The van der Waals surface area contributed by atoms with Crippen molar-refractivity contribution in [3.63, 3.8) is 0 Å². The van der Waals surface area contributed by atoms with Gasteiger partial charge in [-0.1, -0.05) is 103 Å². The average molecular weight is 633 g/mol. The first-order valence-electron chi connectivity index (χ1n) is 16.8. The van der Waals surface area contributed by atoms with Gasteiger partial charge >= 0.3 is 0 Å². The summed E-state index contributed by atoms with van der Waals surface area (Å²) in [6.07, 6.45) is 5.79. The van der Waals surface area contributed by atoms with Gasteiger partial charge in [0.05, 0.1) is 12.2 Å². The standard InChI is InChI=1S/C43H43N3P/c44-34-25-27-39-40-28-26-35(45)32-42(40)46(43(41(39)31-34)33-17-7-3-8-18-33)29-15-1-2-16-30-47(36-19-9-4-10-20-36,37-21-11-5-12-22-37)38-23-13-6-14-24-38/h3-14,17-28,31-32,43H,1-2,15-16,29-30,44-45H2/q+1. The van der Waals surface area contributed by atoms with E-state index in [4.69, 9.17) is 11.5 Å². The molecule has 1 heterocycles. The zero-order valence-electron chi connectivity index (χ0n) is 26.9. The third kappa shape index (κ3) is 6.16. The third-order valence-electron chi connectivity index (χ3n) is 9.65. The number of rotatable bonds is 11. The summed E-state index contributed by atoms with van der Waals surface area (Å²) in [7, 11) is -1.80. The van der Waals surface area contributed by atoms with Crippen molar-refractivity contribution < 1.29 is 0 Å². The maximum atomic E-state index is 6.41. The Morgan fingerprint density at radius 2 is 0.979 bits per heavy atom. The SMILES string of the molecule is Nc1ccc2c(c1)C(c1ccccc1)N(CCCCCC[P+](c1ccccc1)(c1ccccc1)c1ccccc1)c1cc(N)ccc1-2. The van der Waals surface area contributed by atoms with Crippen LogP contribution in [0.5, 0.6) is 0 Å². The Bertz CT molecular complexity index is 1810. The van der Waals surface area contributed by atoms with Gasteiger partial charge < -0.3 is 16.4 Å². The Hall–Kier alpha value is -4.85. The summed E-state index contributed by atoms with van der Waals surface area (Å²) >= 11 is 0. The van der Waals surface area contributed by atoms with Gasteiger partial charge in [-0.25, -0.2) is 0 Å². The lowest BCUT2D eigenvalue weighted by atomic mass is 9.84. The van der Waals surface area contributed by atoms with Crippen LogP contribution in [0.2, 0.25) is 0 Å². The topological polar surface area (TPSA) is 55.3 Å². The number of unbranched alkanes of at least 4 members (excludes halogenated alkanes) is 3. The molecule has 1 unspecified atom stereocenters. The predicted octanol–water partition coefficient (Wildman–Crippen LogP) is 8.98. The summed E-state index contributed by atoms with van der Waals surface area (Å²) in [5.41, 5.74) is 20.6. The molecule has 6 aromatic rings. The van der Waals surface area contributed by atoms with Crippen LogP contribution in [0.15, 0.2) is 158 Å². The van der Waals surface area contributed by atoms with Crippen molar-refractivity contribution in [2.75, 3.05) is 29.1 Å². The first kappa shape index (κ1) is 30.8. The Kier molecular flexibility index (Phi) is 9.09. The van der Waals surface area contributed by atoms with Gasteiger partial charge in [0.15, 0.2) is 0 Å². The van der Waals surface area contributed by atoms with E-state index in [0.717, 1.165) is 36.9 Å². The molecule has 4 N–H and O–H groups in total. The summed E-state index contributed by atoms with van der Waals surface area (Å²) in [6, 6.07) is 57.3. The third-order valence-corrected chi connectivity index (χ3v) is 14.2. The lowest BCUT2D eigenvalue weighted by molar-refractivity contribution is 0.614. The molecule has 0 bridgehead atoms. The number of fused-ring (bicyclic) bond motifs is 3. The molecule has 234 valence electrons. The van der Waals surface area contributed by atoms with Gasteiger partial charge in [-0.3, -0.25) is 0 Å². The van der Waals surface area contributed by atoms with E-state index in [0.29, 0.717) is 0 Å². The lowest BCUT2D eigenvalue weighted by Crippen LogP contribution is -2.34. The van der Waals surface area contributed by atoms with Gasteiger partial charge in [0.2, 0.25) is 0 Å². The highest BCUT2D eigenvalue weighted by Gasteiger charge is 2.44. The molecule has 0 fully saturated rings. The van der Waals surface area contributed by atoms with Crippen molar-refractivity contribution in [2.24, 2.45) is 0 Å². The van der Waals surface area contributed by atoms with Crippen LogP contribution in [0, 0.1) is 0 Å². The van der Waals surface area contributed by atoms with Crippen LogP contribution in [-0.4, -0.2) is 12.7 Å². The number of hydrogen-bond donors (Lipinski definition) is 2. The molecule has 0 amide bonds. The van der Waals surface area contributed by atoms with E-state index in [1.54, 1.807) is 0 Å². The molecule has 0 saturated heterocycles. The van der Waals surface area contributed by atoms with E-state index in [-0.39, 0.29) is 6.04 Å². The molecule has 1 aliphatic rings. The molecule has 1 aliphatic heterocycles. The van der Waals surface area contributed by atoms with E-state index in [2.05, 4.69) is 150 Å². The van der Waals surface area contributed by atoms with E-state index in [9.17, 15) is 0 Å². The van der Waals surface area contributed by atoms with Crippen LogP contribution < -0.4 is 32.3 Å². The van der Waals surface area contributed by atoms with Crippen molar-refractivity contribution in [1.29, 1.82) is 0 Å². The van der Waals surface area contributed by atoms with Crippen LogP contribution >= 0.6 is 7.26 Å². The smallest absolute Gasteiger partial charge is 0.112 e. The number of nitrogens with zero attached hydrogens (tertiary/aromatic N) is 1. The van der Waals surface area contributed by atoms with Crippen LogP contribution in [0.1, 0.15) is 42.9 Å². The zero-order chi connectivity index (χ0) is 32.1. The molecular weight excluding hydrogens is 589 g/mol. The van der Waals surface area contributed by atoms with E-state index in [1.807, 2.05) is 12.1 Å². The Balaban J connectivity index is 1.13. The molecule has 1 atom stereocenters. The second-order valence-electron chi connectivity index (χ2n) is 12.6. The molecule has 0 spiro atoms. The summed E-state index contributed by atoms with van der Waals surface area (Å²) in [6.45, 7) is 0.945. The molecular formula is C43H43N3P+. The van der Waals surface area contributed by atoms with Crippen molar-refractivity contribution >= 4 is 40.2 Å². The van der Waals surface area contributed by atoms with Gasteiger partial charge in [0, 0.05) is 29.2 Å². The van der Waals surface area contributed by atoms with Crippen molar-refractivity contribution in [3.05, 3.63) is 169 Å². The number of nitrogens with two attached hydrogens (primary N) is 2. The number of benzene rings is 6. The van der Waals surface area contributed by atoms with E-state index in [1.165, 1.54) is 56.7 Å². The maximum Gasteiger partial charge on any atom is 0.112 e. The van der Waals surface area contributed by atoms with Crippen LogP contribution in [-0.2, 0) is 0 Å². The zero-order valence-corrected chi connectivity index (χ0v) is 27.8. The minimum atomic E-state index is -1.80. The van der Waals surface area contributed by atoms with Crippen molar-refractivity contribution in [1.82, 2.24) is 0 Å². The molecule has 4 heteroatoms. The predicted molar refractivity (Wildman–Crippen MR) is 205 cm³/mol. The number of nitrogen functional groups attached to an aromatic ring is 2. The van der Waals surface area contributed by atoms with E-state index >= 15 is 0 Å². The molecule has 7 rings (SSSR count). The van der Waals surface area contributed by atoms with Crippen molar-refractivity contribution in [3.8, 4) is 11.1 Å². The summed E-state index contributed by atoms with van der Waals surface area (Å²) in [5, 5.41) is 4.38. The normalized spacial score (nSPS) is 14.0. The molecule has 47 heavy (non-hydrogen) atoms. The van der Waals surface area contributed by atoms with Gasteiger partial charge in [-0.2, -0.15) is 0 Å².